The van der Waals surface area contributed by atoms with Crippen molar-refractivity contribution in [2.24, 2.45) is 0 Å². The zero-order valence-corrected chi connectivity index (χ0v) is 17.1. The van der Waals surface area contributed by atoms with Crippen molar-refractivity contribution < 1.29 is 22.7 Å². The van der Waals surface area contributed by atoms with Crippen LogP contribution in [0.25, 0.3) is 0 Å². The molecule has 0 atom stereocenters. The highest BCUT2D eigenvalue weighted by molar-refractivity contribution is 7.89. The Morgan fingerprint density at radius 2 is 1.89 bits per heavy atom. The molecule has 1 amide bonds. The van der Waals surface area contributed by atoms with E-state index in [0.717, 1.165) is 0 Å². The van der Waals surface area contributed by atoms with E-state index in [2.05, 4.69) is 5.32 Å². The van der Waals surface area contributed by atoms with Gasteiger partial charge < -0.3 is 14.8 Å². The quantitative estimate of drug-likeness (QED) is 0.739. The van der Waals surface area contributed by atoms with Crippen molar-refractivity contribution in [3.05, 3.63) is 52.5 Å². The average Bonchev–Trinajstić information content (AvgIpc) is 2.67. The van der Waals surface area contributed by atoms with Gasteiger partial charge in [0.15, 0.2) is 6.61 Å². The molecule has 7 nitrogen and oxygen atoms in total. The number of sulfonamides is 1. The molecular formula is C18H18Cl2N2O5S. The number of nitrogens with zero attached hydrogens (tertiary/aromatic N) is 1. The lowest BCUT2D eigenvalue weighted by atomic mass is 10.3. The molecule has 150 valence electrons. The predicted octanol–water partition coefficient (Wildman–Crippen LogP) is 3.03. The first kappa shape index (κ1) is 20.9. The third-order valence-corrected chi connectivity index (χ3v) is 6.40. The first-order valence-corrected chi connectivity index (χ1v) is 10.6. The summed E-state index contributed by atoms with van der Waals surface area (Å²) >= 11 is 12.0. The number of nitrogens with one attached hydrogen (secondary N) is 1. The van der Waals surface area contributed by atoms with E-state index in [0.29, 0.717) is 37.0 Å². The van der Waals surface area contributed by atoms with Crippen molar-refractivity contribution in [3.63, 3.8) is 0 Å². The number of carbonyl (C=O) groups is 1. The van der Waals surface area contributed by atoms with Crippen molar-refractivity contribution in [3.8, 4) is 5.75 Å². The van der Waals surface area contributed by atoms with E-state index in [9.17, 15) is 13.2 Å². The minimum absolute atomic E-state index is 0.0649. The molecule has 0 radical (unpaired) electrons. The topological polar surface area (TPSA) is 84.9 Å². The second-order valence-corrected chi connectivity index (χ2v) is 8.74. The summed E-state index contributed by atoms with van der Waals surface area (Å²) in [5.74, 6) is -0.188. The Hall–Kier alpha value is -1.84. The van der Waals surface area contributed by atoms with E-state index in [4.69, 9.17) is 32.7 Å². The molecule has 0 bridgehead atoms. The second kappa shape index (κ2) is 9.11. The minimum Gasteiger partial charge on any atom is -0.482 e. The number of hydrogen-bond acceptors (Lipinski definition) is 5. The fourth-order valence-corrected chi connectivity index (χ4v) is 4.53. The fourth-order valence-electron chi connectivity index (χ4n) is 2.60. The first-order valence-electron chi connectivity index (χ1n) is 8.42. The molecule has 2 aromatic rings. The van der Waals surface area contributed by atoms with Gasteiger partial charge in [-0.1, -0.05) is 29.3 Å². The molecule has 1 aliphatic heterocycles. The van der Waals surface area contributed by atoms with Crippen molar-refractivity contribution in [1.29, 1.82) is 0 Å². The molecule has 1 fully saturated rings. The number of amides is 1. The van der Waals surface area contributed by atoms with E-state index in [1.165, 1.54) is 22.5 Å². The number of ether oxygens (including phenoxy) is 2. The van der Waals surface area contributed by atoms with Gasteiger partial charge in [-0.2, -0.15) is 4.31 Å². The molecule has 2 aromatic carbocycles. The molecule has 1 N–H and O–H groups in total. The van der Waals surface area contributed by atoms with Crippen LogP contribution in [0.1, 0.15) is 0 Å². The van der Waals surface area contributed by atoms with Crippen LogP contribution in [0, 0.1) is 0 Å². The van der Waals surface area contributed by atoms with Crippen LogP contribution in [0.2, 0.25) is 10.0 Å². The van der Waals surface area contributed by atoms with Crippen LogP contribution in [0.5, 0.6) is 5.75 Å². The Bertz CT molecular complexity index is 962. The molecule has 0 aromatic heterocycles. The lowest BCUT2D eigenvalue weighted by Crippen LogP contribution is -2.40. The van der Waals surface area contributed by atoms with Gasteiger partial charge >= 0.3 is 0 Å². The SMILES string of the molecule is O=C(COc1ccc(S(=O)(=O)N2CCOCC2)cc1Cl)Nc1cccc(Cl)c1. The van der Waals surface area contributed by atoms with Crippen LogP contribution < -0.4 is 10.1 Å². The maximum Gasteiger partial charge on any atom is 0.262 e. The standard InChI is InChI=1S/C18H18Cl2N2O5S/c19-13-2-1-3-14(10-13)21-18(23)12-27-17-5-4-15(11-16(17)20)28(24,25)22-6-8-26-9-7-22/h1-5,10-11H,6-9,12H2,(H,21,23). The fraction of sp³-hybridized carbons (Fsp3) is 0.278. The summed E-state index contributed by atoms with van der Waals surface area (Å²) < 4.78 is 37.2. The number of morpholine rings is 1. The summed E-state index contributed by atoms with van der Waals surface area (Å²) in [6.45, 7) is 1.01. The Labute approximate surface area is 173 Å². The average molecular weight is 445 g/mol. The minimum atomic E-state index is -3.66. The lowest BCUT2D eigenvalue weighted by molar-refractivity contribution is -0.118. The van der Waals surface area contributed by atoms with Crippen molar-refractivity contribution in [2.45, 2.75) is 4.90 Å². The molecular weight excluding hydrogens is 427 g/mol. The third kappa shape index (κ3) is 5.15. The van der Waals surface area contributed by atoms with Gasteiger partial charge in [0.1, 0.15) is 5.75 Å². The predicted molar refractivity (Wildman–Crippen MR) is 107 cm³/mol. The largest absolute Gasteiger partial charge is 0.482 e. The number of halogens is 2. The Morgan fingerprint density at radius 1 is 1.14 bits per heavy atom. The van der Waals surface area contributed by atoms with Crippen molar-refractivity contribution >= 4 is 44.8 Å². The smallest absolute Gasteiger partial charge is 0.262 e. The van der Waals surface area contributed by atoms with Crippen molar-refractivity contribution in [2.75, 3.05) is 38.2 Å². The highest BCUT2D eigenvalue weighted by Gasteiger charge is 2.27. The number of carbonyl (C=O) groups excluding carboxylic acids is 1. The van der Waals surface area contributed by atoms with Gasteiger partial charge in [0, 0.05) is 23.8 Å². The molecule has 0 aliphatic carbocycles. The summed E-state index contributed by atoms with van der Waals surface area (Å²) in [6.07, 6.45) is 0. The summed E-state index contributed by atoms with van der Waals surface area (Å²) in [6, 6.07) is 10.9. The highest BCUT2D eigenvalue weighted by Crippen LogP contribution is 2.29. The van der Waals surface area contributed by atoms with Crippen LogP contribution in [0.3, 0.4) is 0 Å². The van der Waals surface area contributed by atoms with E-state index in [1.54, 1.807) is 24.3 Å². The Balaban J connectivity index is 1.63. The van der Waals surface area contributed by atoms with Gasteiger partial charge in [-0.15, -0.1) is 0 Å². The Morgan fingerprint density at radius 3 is 2.57 bits per heavy atom. The molecule has 1 heterocycles. The molecule has 28 heavy (non-hydrogen) atoms. The molecule has 1 saturated heterocycles. The van der Waals surface area contributed by atoms with Gasteiger partial charge in [-0.3, -0.25) is 4.79 Å². The zero-order valence-electron chi connectivity index (χ0n) is 14.7. The van der Waals surface area contributed by atoms with Crippen LogP contribution in [0.15, 0.2) is 47.4 Å². The van der Waals surface area contributed by atoms with Gasteiger partial charge in [0.05, 0.1) is 23.1 Å². The molecule has 1 aliphatic rings. The molecule has 0 unspecified atom stereocenters. The van der Waals surface area contributed by atoms with Gasteiger partial charge in [0.25, 0.3) is 5.91 Å². The summed E-state index contributed by atoms with van der Waals surface area (Å²) in [4.78, 5) is 12.1. The van der Waals surface area contributed by atoms with Gasteiger partial charge in [-0.05, 0) is 36.4 Å². The highest BCUT2D eigenvalue weighted by atomic mass is 35.5. The van der Waals surface area contributed by atoms with Gasteiger partial charge in [-0.25, -0.2) is 8.42 Å². The van der Waals surface area contributed by atoms with E-state index >= 15 is 0 Å². The number of hydrogen-bond donors (Lipinski definition) is 1. The van der Waals surface area contributed by atoms with Crippen LogP contribution in [-0.4, -0.2) is 51.5 Å². The third-order valence-electron chi connectivity index (χ3n) is 3.98. The molecule has 10 heteroatoms. The first-order chi connectivity index (χ1) is 13.4. The lowest BCUT2D eigenvalue weighted by Gasteiger charge is -2.26. The summed E-state index contributed by atoms with van der Waals surface area (Å²) in [5, 5.41) is 3.25. The number of rotatable bonds is 6. The van der Waals surface area contributed by atoms with Crippen LogP contribution in [-0.2, 0) is 19.6 Å². The van der Waals surface area contributed by atoms with E-state index in [1.807, 2.05) is 0 Å². The Kier molecular flexibility index (Phi) is 6.79. The maximum absolute atomic E-state index is 12.6. The van der Waals surface area contributed by atoms with Crippen molar-refractivity contribution in [1.82, 2.24) is 4.31 Å². The molecule has 0 saturated carbocycles. The summed E-state index contributed by atoms with van der Waals surface area (Å²) in [5.41, 5.74) is 0.541. The molecule has 0 spiro atoms. The normalized spacial score (nSPS) is 15.2. The van der Waals surface area contributed by atoms with Crippen LogP contribution >= 0.6 is 23.2 Å². The summed E-state index contributed by atoms with van der Waals surface area (Å²) in [7, 11) is -3.66. The monoisotopic (exact) mass is 444 g/mol. The second-order valence-electron chi connectivity index (χ2n) is 5.96. The number of anilines is 1. The molecule has 3 rings (SSSR count). The van der Waals surface area contributed by atoms with E-state index < -0.39 is 15.9 Å². The van der Waals surface area contributed by atoms with Crippen LogP contribution in [0.4, 0.5) is 5.69 Å². The van der Waals surface area contributed by atoms with E-state index in [-0.39, 0.29) is 22.3 Å². The maximum atomic E-state index is 12.6. The number of benzene rings is 2. The van der Waals surface area contributed by atoms with Gasteiger partial charge in [0.2, 0.25) is 10.0 Å². The zero-order chi connectivity index (χ0) is 20.1.